The SMILES string of the molecule is COC(=O)N1CCc2c(sc(NC(=O)c3ccc4c(c3)OCCO4)c2-c2nc3ccccc3s2)C1. The molecule has 2 aromatic carbocycles. The maximum absolute atomic E-state index is 13.3. The van der Waals surface area contributed by atoms with Crippen LogP contribution in [-0.4, -0.2) is 48.8 Å². The number of hydrogen-bond donors (Lipinski definition) is 1. The smallest absolute Gasteiger partial charge is 0.409 e. The van der Waals surface area contributed by atoms with E-state index in [1.807, 2.05) is 24.3 Å². The standard InChI is InChI=1S/C25H21N3O5S2/c1-31-25(30)28-9-8-15-20(13-28)35-24(21(15)23-26-16-4-2-3-5-19(16)34-23)27-22(29)14-6-7-17-18(12-14)33-11-10-32-17/h2-7,12H,8-11,13H2,1H3,(H,27,29). The molecule has 1 N–H and O–H groups in total. The van der Waals surface area contributed by atoms with Crippen LogP contribution in [0.3, 0.4) is 0 Å². The molecule has 0 unspecified atom stereocenters. The molecule has 2 aliphatic heterocycles. The molecule has 0 bridgehead atoms. The van der Waals surface area contributed by atoms with Crippen LogP contribution in [0.25, 0.3) is 20.8 Å². The van der Waals surface area contributed by atoms with Crippen LogP contribution in [0, 0.1) is 0 Å². The molecule has 6 rings (SSSR count). The Bertz CT molecular complexity index is 1430. The first-order valence-corrected chi connectivity index (χ1v) is 12.8. The molecule has 8 nitrogen and oxygen atoms in total. The van der Waals surface area contributed by atoms with Gasteiger partial charge in [-0.15, -0.1) is 22.7 Å². The summed E-state index contributed by atoms with van der Waals surface area (Å²) < 4.78 is 17.2. The molecule has 0 saturated heterocycles. The highest BCUT2D eigenvalue weighted by Crippen LogP contribution is 2.46. The van der Waals surface area contributed by atoms with Gasteiger partial charge in [0.25, 0.3) is 5.91 Å². The van der Waals surface area contributed by atoms with Crippen molar-refractivity contribution in [2.75, 3.05) is 32.2 Å². The zero-order chi connectivity index (χ0) is 23.9. The topological polar surface area (TPSA) is 90.0 Å². The van der Waals surface area contributed by atoms with Crippen molar-refractivity contribution in [3.8, 4) is 22.1 Å². The Kier molecular flexibility index (Phi) is 5.54. The van der Waals surface area contributed by atoms with Gasteiger partial charge in [-0.25, -0.2) is 9.78 Å². The monoisotopic (exact) mass is 507 g/mol. The van der Waals surface area contributed by atoms with Crippen molar-refractivity contribution >= 4 is 49.9 Å². The second-order valence-electron chi connectivity index (χ2n) is 8.15. The molecule has 2 amide bonds. The second-order valence-corrected chi connectivity index (χ2v) is 10.3. The fraction of sp³-hybridized carbons (Fsp3) is 0.240. The van der Waals surface area contributed by atoms with Gasteiger partial charge in [0.2, 0.25) is 0 Å². The number of benzene rings is 2. The van der Waals surface area contributed by atoms with E-state index in [1.54, 1.807) is 34.4 Å². The van der Waals surface area contributed by atoms with Gasteiger partial charge in [0, 0.05) is 22.5 Å². The number of amides is 2. The molecule has 0 radical (unpaired) electrons. The number of ether oxygens (including phenoxy) is 3. The highest BCUT2D eigenvalue weighted by Gasteiger charge is 2.30. The normalized spacial score (nSPS) is 14.5. The predicted molar refractivity (Wildman–Crippen MR) is 135 cm³/mol. The molecule has 0 atom stereocenters. The van der Waals surface area contributed by atoms with E-state index < -0.39 is 0 Å². The Morgan fingerprint density at radius 2 is 1.91 bits per heavy atom. The van der Waals surface area contributed by atoms with Crippen molar-refractivity contribution in [2.24, 2.45) is 0 Å². The minimum Gasteiger partial charge on any atom is -0.486 e. The van der Waals surface area contributed by atoms with Crippen molar-refractivity contribution < 1.29 is 23.8 Å². The maximum atomic E-state index is 13.3. The largest absolute Gasteiger partial charge is 0.486 e. The van der Waals surface area contributed by atoms with Gasteiger partial charge < -0.3 is 24.4 Å². The lowest BCUT2D eigenvalue weighted by Gasteiger charge is -2.25. The molecule has 4 aromatic rings. The molecule has 4 heterocycles. The number of carbonyl (C=O) groups is 2. The molecule has 0 saturated carbocycles. The Labute approximate surface area is 209 Å². The van der Waals surface area contributed by atoms with Crippen LogP contribution in [0.2, 0.25) is 0 Å². The predicted octanol–water partition coefficient (Wildman–Crippen LogP) is 5.17. The zero-order valence-corrected chi connectivity index (χ0v) is 20.5. The van der Waals surface area contributed by atoms with Crippen molar-refractivity contribution in [1.82, 2.24) is 9.88 Å². The van der Waals surface area contributed by atoms with E-state index in [9.17, 15) is 9.59 Å². The van der Waals surface area contributed by atoms with Gasteiger partial charge >= 0.3 is 6.09 Å². The van der Waals surface area contributed by atoms with E-state index >= 15 is 0 Å². The third kappa shape index (κ3) is 3.98. The van der Waals surface area contributed by atoms with E-state index in [-0.39, 0.29) is 12.0 Å². The summed E-state index contributed by atoms with van der Waals surface area (Å²) in [6.45, 7) is 1.93. The third-order valence-electron chi connectivity index (χ3n) is 6.03. The van der Waals surface area contributed by atoms with Crippen LogP contribution in [-0.2, 0) is 17.7 Å². The number of rotatable bonds is 3. The summed E-state index contributed by atoms with van der Waals surface area (Å²) in [6, 6.07) is 13.2. The number of carbonyl (C=O) groups excluding carboxylic acids is 2. The Morgan fingerprint density at radius 3 is 2.74 bits per heavy atom. The van der Waals surface area contributed by atoms with E-state index in [0.717, 1.165) is 36.2 Å². The first-order valence-electron chi connectivity index (χ1n) is 11.1. The number of hydrogen-bond acceptors (Lipinski definition) is 8. The van der Waals surface area contributed by atoms with Crippen molar-refractivity contribution in [1.29, 1.82) is 0 Å². The first-order chi connectivity index (χ1) is 17.1. The van der Waals surface area contributed by atoms with E-state index in [2.05, 4.69) is 5.32 Å². The van der Waals surface area contributed by atoms with Crippen LogP contribution in [0.1, 0.15) is 20.8 Å². The number of nitrogens with one attached hydrogen (secondary N) is 1. The van der Waals surface area contributed by atoms with Gasteiger partial charge in [0.05, 0.1) is 23.9 Å². The molecule has 2 aromatic heterocycles. The van der Waals surface area contributed by atoms with Gasteiger partial charge in [0.15, 0.2) is 11.5 Å². The van der Waals surface area contributed by atoms with Gasteiger partial charge in [-0.2, -0.15) is 0 Å². The fourth-order valence-corrected chi connectivity index (χ4v) is 6.71. The molecule has 0 aliphatic carbocycles. The number of para-hydroxylation sites is 1. The summed E-state index contributed by atoms with van der Waals surface area (Å²) >= 11 is 3.08. The Morgan fingerprint density at radius 1 is 1.09 bits per heavy atom. The molecule has 35 heavy (non-hydrogen) atoms. The first kappa shape index (κ1) is 21.9. The van der Waals surface area contributed by atoms with E-state index in [4.69, 9.17) is 19.2 Å². The molecule has 178 valence electrons. The summed E-state index contributed by atoms with van der Waals surface area (Å²) in [6.07, 6.45) is 0.305. The highest BCUT2D eigenvalue weighted by molar-refractivity contribution is 7.23. The van der Waals surface area contributed by atoms with Gasteiger partial charge in [-0.3, -0.25) is 4.79 Å². The molecule has 10 heteroatoms. The number of thiazole rings is 1. The average molecular weight is 508 g/mol. The quantitative estimate of drug-likeness (QED) is 0.411. The van der Waals surface area contributed by atoms with Gasteiger partial charge in [0.1, 0.15) is 23.2 Å². The molecular weight excluding hydrogens is 486 g/mol. The lowest BCUT2D eigenvalue weighted by atomic mass is 10.0. The lowest BCUT2D eigenvalue weighted by molar-refractivity contribution is 0.102. The van der Waals surface area contributed by atoms with Crippen molar-refractivity contribution in [3.63, 3.8) is 0 Å². The van der Waals surface area contributed by atoms with Crippen LogP contribution >= 0.6 is 22.7 Å². The van der Waals surface area contributed by atoms with E-state index in [1.165, 1.54) is 18.4 Å². The molecule has 0 fully saturated rings. The van der Waals surface area contributed by atoms with Crippen LogP contribution in [0.5, 0.6) is 11.5 Å². The second kappa shape index (κ2) is 8.86. The van der Waals surface area contributed by atoms with Gasteiger partial charge in [-0.1, -0.05) is 12.1 Å². The number of aromatic nitrogens is 1. The number of anilines is 1. The van der Waals surface area contributed by atoms with Gasteiger partial charge in [-0.05, 0) is 42.3 Å². The Balaban J connectivity index is 1.39. The number of methoxy groups -OCH3 is 1. The zero-order valence-electron chi connectivity index (χ0n) is 18.8. The van der Waals surface area contributed by atoms with Crippen LogP contribution in [0.15, 0.2) is 42.5 Å². The van der Waals surface area contributed by atoms with Crippen molar-refractivity contribution in [3.05, 3.63) is 58.5 Å². The summed E-state index contributed by atoms with van der Waals surface area (Å²) in [5, 5.41) is 4.68. The summed E-state index contributed by atoms with van der Waals surface area (Å²) in [5.74, 6) is 0.958. The summed E-state index contributed by atoms with van der Waals surface area (Å²) in [4.78, 5) is 33.0. The van der Waals surface area contributed by atoms with Crippen LogP contribution in [0.4, 0.5) is 9.80 Å². The Hall–Kier alpha value is -3.63. The third-order valence-corrected chi connectivity index (χ3v) is 8.21. The number of thiophene rings is 1. The number of fused-ring (bicyclic) bond motifs is 3. The molecular formula is C25H21N3O5S2. The summed E-state index contributed by atoms with van der Waals surface area (Å²) in [7, 11) is 1.39. The number of nitrogens with zero attached hydrogens (tertiary/aromatic N) is 2. The van der Waals surface area contributed by atoms with E-state index in [0.29, 0.717) is 49.8 Å². The lowest BCUT2D eigenvalue weighted by Crippen LogP contribution is -2.35. The van der Waals surface area contributed by atoms with Crippen molar-refractivity contribution in [2.45, 2.75) is 13.0 Å². The fourth-order valence-electron chi connectivity index (χ4n) is 4.34. The average Bonchev–Trinajstić information content (AvgIpc) is 3.47. The van der Waals surface area contributed by atoms with Crippen LogP contribution < -0.4 is 14.8 Å². The maximum Gasteiger partial charge on any atom is 0.409 e. The summed E-state index contributed by atoms with van der Waals surface area (Å²) in [5.41, 5.74) is 3.45. The molecule has 0 spiro atoms. The minimum atomic E-state index is -0.354. The highest BCUT2D eigenvalue weighted by atomic mass is 32.1. The minimum absolute atomic E-state index is 0.243. The molecule has 2 aliphatic rings.